The number of thioether (sulfide) groups is 1. The van der Waals surface area contributed by atoms with E-state index in [4.69, 9.17) is 9.47 Å². The molecule has 0 amide bonds. The third-order valence-corrected chi connectivity index (χ3v) is 3.10. The lowest BCUT2D eigenvalue weighted by Gasteiger charge is -2.08. The quantitative estimate of drug-likeness (QED) is 0.746. The maximum Gasteiger partial charge on any atom is 0.198 e. The third-order valence-electron chi connectivity index (χ3n) is 2.14. The minimum Gasteiger partial charge on any atom is -0.497 e. The minimum atomic E-state index is 0.159. The summed E-state index contributed by atoms with van der Waals surface area (Å²) in [5.41, 5.74) is 0.975. The van der Waals surface area contributed by atoms with Crippen molar-refractivity contribution < 1.29 is 14.3 Å². The molecule has 1 aromatic carbocycles. The lowest BCUT2D eigenvalue weighted by atomic mass is 10.1. The minimum absolute atomic E-state index is 0.159. The van der Waals surface area contributed by atoms with Gasteiger partial charge in [0.15, 0.2) is 5.12 Å². The van der Waals surface area contributed by atoms with E-state index in [1.165, 1.54) is 11.8 Å². The molecule has 0 bridgehead atoms. The number of methoxy groups -OCH3 is 2. The van der Waals surface area contributed by atoms with Crippen LogP contribution in [0.25, 0.3) is 0 Å². The average Bonchev–Trinajstić information content (AvgIpc) is 2.56. The second-order valence-corrected chi connectivity index (χ2v) is 4.06. The fourth-order valence-corrected chi connectivity index (χ4v) is 2.40. The number of fused-ring (bicyclic) bond motifs is 1. The molecule has 14 heavy (non-hydrogen) atoms. The van der Waals surface area contributed by atoms with Gasteiger partial charge in [-0.15, -0.1) is 0 Å². The molecule has 74 valence electrons. The first kappa shape index (κ1) is 9.40. The molecule has 4 heteroatoms. The van der Waals surface area contributed by atoms with Crippen LogP contribution in [0.1, 0.15) is 5.56 Å². The Bertz CT molecular complexity index is 387. The van der Waals surface area contributed by atoms with E-state index < -0.39 is 0 Å². The van der Waals surface area contributed by atoms with Crippen LogP contribution in [0.15, 0.2) is 17.0 Å². The zero-order chi connectivity index (χ0) is 10.1. The molecule has 3 nitrogen and oxygen atoms in total. The van der Waals surface area contributed by atoms with Crippen LogP contribution >= 0.6 is 11.8 Å². The number of carbonyl (C=O) groups is 1. The summed E-state index contributed by atoms with van der Waals surface area (Å²) >= 11 is 1.25. The van der Waals surface area contributed by atoms with Gasteiger partial charge in [0.1, 0.15) is 11.5 Å². The van der Waals surface area contributed by atoms with Crippen molar-refractivity contribution in [3.63, 3.8) is 0 Å². The Morgan fingerprint density at radius 3 is 2.71 bits per heavy atom. The summed E-state index contributed by atoms with van der Waals surface area (Å²) in [5, 5.41) is 0.159. The van der Waals surface area contributed by atoms with Crippen molar-refractivity contribution in [2.45, 2.75) is 11.3 Å². The highest BCUT2D eigenvalue weighted by Gasteiger charge is 2.24. The molecule has 0 N–H and O–H groups in total. The molecular formula is C10H10O3S. The SMILES string of the molecule is COc1cc(OC)c2c(c1)SC(=O)C2. The van der Waals surface area contributed by atoms with Crippen LogP contribution < -0.4 is 9.47 Å². The molecule has 0 spiro atoms. The summed E-state index contributed by atoms with van der Waals surface area (Å²) in [5.74, 6) is 1.46. The second-order valence-electron chi connectivity index (χ2n) is 2.96. The predicted molar refractivity (Wildman–Crippen MR) is 54.1 cm³/mol. The lowest BCUT2D eigenvalue weighted by Crippen LogP contribution is -1.94. The Kier molecular flexibility index (Phi) is 2.37. The van der Waals surface area contributed by atoms with E-state index in [1.54, 1.807) is 20.3 Å². The van der Waals surface area contributed by atoms with Gasteiger partial charge in [-0.05, 0) is 6.07 Å². The smallest absolute Gasteiger partial charge is 0.198 e. The molecule has 0 aromatic heterocycles. The fraction of sp³-hybridized carbons (Fsp3) is 0.300. The summed E-state index contributed by atoms with van der Waals surface area (Å²) in [7, 11) is 3.20. The first-order valence-corrected chi connectivity index (χ1v) is 5.02. The third kappa shape index (κ3) is 1.46. The zero-order valence-corrected chi connectivity index (χ0v) is 8.81. The standard InChI is InChI=1S/C10H10O3S/c1-12-6-3-8(13-2)7-5-10(11)14-9(7)4-6/h3-4H,5H2,1-2H3. The largest absolute Gasteiger partial charge is 0.497 e. The molecule has 0 radical (unpaired) electrons. The summed E-state index contributed by atoms with van der Waals surface area (Å²) in [6.07, 6.45) is 0.452. The molecule has 0 saturated heterocycles. The van der Waals surface area contributed by atoms with E-state index in [1.807, 2.05) is 6.07 Å². The van der Waals surface area contributed by atoms with E-state index in [-0.39, 0.29) is 5.12 Å². The lowest BCUT2D eigenvalue weighted by molar-refractivity contribution is -0.110. The molecule has 0 atom stereocenters. The summed E-state index contributed by atoms with van der Waals surface area (Å²) in [6.45, 7) is 0. The van der Waals surface area contributed by atoms with E-state index in [9.17, 15) is 4.79 Å². The maximum atomic E-state index is 11.2. The summed E-state index contributed by atoms with van der Waals surface area (Å²) < 4.78 is 10.3. The van der Waals surface area contributed by atoms with Crippen LogP contribution in [0.2, 0.25) is 0 Å². The predicted octanol–water partition coefficient (Wildman–Crippen LogP) is 1.88. The van der Waals surface area contributed by atoms with E-state index in [2.05, 4.69) is 0 Å². The molecular weight excluding hydrogens is 200 g/mol. The highest BCUT2D eigenvalue weighted by molar-refractivity contribution is 8.14. The number of carbonyl (C=O) groups excluding carboxylic acids is 1. The maximum absolute atomic E-state index is 11.2. The van der Waals surface area contributed by atoms with E-state index >= 15 is 0 Å². The van der Waals surface area contributed by atoms with E-state index in [0.29, 0.717) is 6.42 Å². The van der Waals surface area contributed by atoms with Gasteiger partial charge in [0, 0.05) is 22.9 Å². The van der Waals surface area contributed by atoms with Crippen molar-refractivity contribution >= 4 is 16.9 Å². The van der Waals surface area contributed by atoms with Gasteiger partial charge in [0.25, 0.3) is 0 Å². The highest BCUT2D eigenvalue weighted by Crippen LogP contribution is 2.41. The molecule has 1 aliphatic rings. The Hall–Kier alpha value is -1.16. The Balaban J connectivity index is 2.51. The molecule has 1 aliphatic heterocycles. The molecule has 0 aliphatic carbocycles. The van der Waals surface area contributed by atoms with Crippen molar-refractivity contribution in [3.8, 4) is 11.5 Å². The molecule has 1 aromatic rings. The van der Waals surface area contributed by atoms with Crippen LogP contribution in [0, 0.1) is 0 Å². The van der Waals surface area contributed by atoms with Gasteiger partial charge in [-0.3, -0.25) is 4.79 Å². The van der Waals surface area contributed by atoms with Gasteiger partial charge in [-0.25, -0.2) is 0 Å². The molecule has 0 saturated carbocycles. The topological polar surface area (TPSA) is 35.5 Å². The van der Waals surface area contributed by atoms with Crippen molar-refractivity contribution in [2.75, 3.05) is 14.2 Å². The molecule has 1 heterocycles. The number of rotatable bonds is 2. The van der Waals surface area contributed by atoms with Gasteiger partial charge in [-0.1, -0.05) is 11.8 Å². The molecule has 2 rings (SSSR count). The normalized spacial score (nSPS) is 14.0. The first-order valence-electron chi connectivity index (χ1n) is 4.20. The number of hydrogen-bond acceptors (Lipinski definition) is 4. The van der Waals surface area contributed by atoms with Gasteiger partial charge < -0.3 is 9.47 Å². The first-order chi connectivity index (χ1) is 6.74. The van der Waals surface area contributed by atoms with Gasteiger partial charge in [0.2, 0.25) is 0 Å². The fourth-order valence-electron chi connectivity index (χ4n) is 1.46. The highest BCUT2D eigenvalue weighted by atomic mass is 32.2. The van der Waals surface area contributed by atoms with Gasteiger partial charge >= 0.3 is 0 Å². The van der Waals surface area contributed by atoms with Crippen molar-refractivity contribution in [2.24, 2.45) is 0 Å². The van der Waals surface area contributed by atoms with Crippen LogP contribution in [0.5, 0.6) is 11.5 Å². The average molecular weight is 210 g/mol. The van der Waals surface area contributed by atoms with Crippen molar-refractivity contribution in [1.82, 2.24) is 0 Å². The zero-order valence-electron chi connectivity index (χ0n) is 7.99. The number of ether oxygens (including phenoxy) is 2. The number of hydrogen-bond donors (Lipinski definition) is 0. The van der Waals surface area contributed by atoms with Crippen LogP contribution in [0.4, 0.5) is 0 Å². The Morgan fingerprint density at radius 2 is 2.07 bits per heavy atom. The van der Waals surface area contributed by atoms with Gasteiger partial charge in [0.05, 0.1) is 14.2 Å². The monoisotopic (exact) mass is 210 g/mol. The summed E-state index contributed by atoms with van der Waals surface area (Å²) in [4.78, 5) is 12.2. The summed E-state index contributed by atoms with van der Waals surface area (Å²) in [6, 6.07) is 3.67. The molecule has 0 unspecified atom stereocenters. The molecule has 0 fully saturated rings. The van der Waals surface area contributed by atoms with Gasteiger partial charge in [-0.2, -0.15) is 0 Å². The van der Waals surface area contributed by atoms with Crippen LogP contribution in [-0.2, 0) is 11.2 Å². The van der Waals surface area contributed by atoms with Crippen LogP contribution in [-0.4, -0.2) is 19.3 Å². The van der Waals surface area contributed by atoms with E-state index in [0.717, 1.165) is 22.0 Å². The van der Waals surface area contributed by atoms with Crippen LogP contribution in [0.3, 0.4) is 0 Å². The Morgan fingerprint density at radius 1 is 1.29 bits per heavy atom. The Labute approximate surface area is 86.4 Å². The van der Waals surface area contributed by atoms with Crippen molar-refractivity contribution in [3.05, 3.63) is 17.7 Å². The van der Waals surface area contributed by atoms with Crippen molar-refractivity contribution in [1.29, 1.82) is 0 Å². The number of benzene rings is 1. The second kappa shape index (κ2) is 3.53.